The van der Waals surface area contributed by atoms with Crippen LogP contribution in [0.5, 0.6) is 0 Å². The Bertz CT molecular complexity index is 1070. The van der Waals surface area contributed by atoms with Crippen molar-refractivity contribution in [2.45, 2.75) is 38.6 Å². The topological polar surface area (TPSA) is 63.4 Å². The van der Waals surface area contributed by atoms with Crippen molar-refractivity contribution in [3.8, 4) is 0 Å². The van der Waals surface area contributed by atoms with Crippen LogP contribution in [0.3, 0.4) is 0 Å². The van der Waals surface area contributed by atoms with Gasteiger partial charge in [0.25, 0.3) is 5.91 Å². The Balaban J connectivity index is 1.57. The Morgan fingerprint density at radius 1 is 1.22 bits per heavy atom. The minimum atomic E-state index is -0.541. The highest BCUT2D eigenvalue weighted by molar-refractivity contribution is 5.95. The van der Waals surface area contributed by atoms with Crippen LogP contribution in [0.1, 0.15) is 52.6 Å². The van der Waals surface area contributed by atoms with Gasteiger partial charge in [-0.05, 0) is 43.5 Å². The SMILES string of the molecule is Cc1cc(C2CCC2)oc(=O)c1C(=O)N(C)Cc1ccc2ccccc2n1. The Morgan fingerprint density at radius 3 is 2.70 bits per heavy atom. The maximum absolute atomic E-state index is 12.9. The van der Waals surface area contributed by atoms with Gasteiger partial charge in [-0.25, -0.2) is 4.79 Å². The van der Waals surface area contributed by atoms with Gasteiger partial charge >= 0.3 is 5.63 Å². The molecule has 0 atom stereocenters. The maximum Gasteiger partial charge on any atom is 0.349 e. The van der Waals surface area contributed by atoms with Gasteiger partial charge in [0.05, 0.1) is 17.8 Å². The number of nitrogens with zero attached hydrogens (tertiary/aromatic N) is 2. The Hall–Kier alpha value is -2.95. The molecule has 5 heteroatoms. The van der Waals surface area contributed by atoms with Gasteiger partial charge in [-0.2, -0.15) is 0 Å². The third-order valence-electron chi connectivity index (χ3n) is 5.29. The molecule has 0 aliphatic heterocycles. The van der Waals surface area contributed by atoms with E-state index in [1.165, 1.54) is 4.90 Å². The predicted octanol–water partition coefficient (Wildman–Crippen LogP) is 4.04. The number of pyridine rings is 1. The van der Waals surface area contributed by atoms with Crippen LogP contribution in [-0.4, -0.2) is 22.8 Å². The summed E-state index contributed by atoms with van der Waals surface area (Å²) in [5.74, 6) is 0.690. The first-order valence-corrected chi connectivity index (χ1v) is 9.27. The highest BCUT2D eigenvalue weighted by Crippen LogP contribution is 2.36. The summed E-state index contributed by atoms with van der Waals surface area (Å²) in [6.07, 6.45) is 3.25. The fourth-order valence-corrected chi connectivity index (χ4v) is 3.49. The number of aryl methyl sites for hydroxylation is 1. The fraction of sp³-hybridized carbons (Fsp3) is 0.318. The summed E-state index contributed by atoms with van der Waals surface area (Å²) in [6, 6.07) is 13.6. The molecule has 5 nitrogen and oxygen atoms in total. The molecular formula is C22H22N2O3. The molecule has 1 aliphatic rings. The van der Waals surface area contributed by atoms with Crippen molar-refractivity contribution in [2.75, 3.05) is 7.05 Å². The van der Waals surface area contributed by atoms with Crippen LogP contribution in [0.2, 0.25) is 0 Å². The van der Waals surface area contributed by atoms with Crippen LogP contribution in [0, 0.1) is 6.92 Å². The molecule has 4 rings (SSSR count). The average Bonchev–Trinajstić information content (AvgIpc) is 2.59. The maximum atomic E-state index is 12.9. The molecule has 1 amide bonds. The number of hydrogen-bond acceptors (Lipinski definition) is 4. The van der Waals surface area contributed by atoms with Crippen LogP contribution in [0.15, 0.2) is 51.7 Å². The van der Waals surface area contributed by atoms with Crippen molar-refractivity contribution in [1.82, 2.24) is 9.88 Å². The second-order valence-corrected chi connectivity index (χ2v) is 7.28. The lowest BCUT2D eigenvalue weighted by atomic mass is 9.83. The average molecular weight is 362 g/mol. The van der Waals surface area contributed by atoms with Crippen molar-refractivity contribution in [3.63, 3.8) is 0 Å². The molecule has 138 valence electrons. The van der Waals surface area contributed by atoms with Gasteiger partial charge in [0.2, 0.25) is 0 Å². The molecule has 1 aliphatic carbocycles. The van der Waals surface area contributed by atoms with E-state index in [0.717, 1.165) is 35.9 Å². The minimum absolute atomic E-state index is 0.112. The first-order chi connectivity index (χ1) is 13.0. The zero-order valence-corrected chi connectivity index (χ0v) is 15.6. The lowest BCUT2D eigenvalue weighted by molar-refractivity contribution is 0.0777. The first kappa shape index (κ1) is 17.5. The lowest BCUT2D eigenvalue weighted by Gasteiger charge is -2.24. The Morgan fingerprint density at radius 2 is 2.00 bits per heavy atom. The van der Waals surface area contributed by atoms with Crippen LogP contribution < -0.4 is 5.63 Å². The van der Waals surface area contributed by atoms with Gasteiger partial charge in [-0.15, -0.1) is 0 Å². The molecule has 1 fully saturated rings. The quantitative estimate of drug-likeness (QED) is 0.703. The molecule has 3 aromatic rings. The zero-order valence-electron chi connectivity index (χ0n) is 15.6. The molecule has 0 unspecified atom stereocenters. The van der Waals surface area contributed by atoms with Crippen molar-refractivity contribution < 1.29 is 9.21 Å². The molecule has 0 bridgehead atoms. The van der Waals surface area contributed by atoms with Gasteiger partial charge < -0.3 is 9.32 Å². The zero-order chi connectivity index (χ0) is 19.0. The normalized spacial score (nSPS) is 14.1. The number of fused-ring (bicyclic) bond motifs is 1. The van der Waals surface area contributed by atoms with Crippen molar-refractivity contribution in [3.05, 3.63) is 75.5 Å². The first-order valence-electron chi connectivity index (χ1n) is 9.27. The predicted molar refractivity (Wildman–Crippen MR) is 104 cm³/mol. The molecule has 27 heavy (non-hydrogen) atoms. The number of benzene rings is 1. The summed E-state index contributed by atoms with van der Waals surface area (Å²) in [7, 11) is 1.68. The van der Waals surface area contributed by atoms with E-state index < -0.39 is 5.63 Å². The fourth-order valence-electron chi connectivity index (χ4n) is 3.49. The van der Waals surface area contributed by atoms with E-state index in [0.29, 0.717) is 23.8 Å². The van der Waals surface area contributed by atoms with Gasteiger partial charge in [0, 0.05) is 18.4 Å². The summed E-state index contributed by atoms with van der Waals surface area (Å²) < 4.78 is 5.45. The summed E-state index contributed by atoms with van der Waals surface area (Å²) in [4.78, 5) is 31.4. The third kappa shape index (κ3) is 3.37. The van der Waals surface area contributed by atoms with E-state index in [1.807, 2.05) is 42.5 Å². The highest BCUT2D eigenvalue weighted by Gasteiger charge is 2.26. The minimum Gasteiger partial charge on any atom is -0.427 e. The number of hydrogen-bond donors (Lipinski definition) is 0. The molecule has 0 spiro atoms. The lowest BCUT2D eigenvalue weighted by Crippen LogP contribution is -2.32. The number of carbonyl (C=O) groups excluding carboxylic acids is 1. The largest absolute Gasteiger partial charge is 0.427 e. The molecule has 0 saturated heterocycles. The van der Waals surface area contributed by atoms with Gasteiger partial charge in [0.15, 0.2) is 0 Å². The number of carbonyl (C=O) groups is 1. The number of para-hydroxylation sites is 1. The molecule has 2 heterocycles. The van der Waals surface area contributed by atoms with E-state index in [4.69, 9.17) is 4.42 Å². The van der Waals surface area contributed by atoms with E-state index >= 15 is 0 Å². The Kier molecular flexibility index (Phi) is 4.52. The van der Waals surface area contributed by atoms with Crippen molar-refractivity contribution in [2.24, 2.45) is 0 Å². The molecule has 1 saturated carbocycles. The van der Waals surface area contributed by atoms with Gasteiger partial charge in [-0.1, -0.05) is 30.7 Å². The molecular weight excluding hydrogens is 340 g/mol. The van der Waals surface area contributed by atoms with Crippen LogP contribution in [0.4, 0.5) is 0 Å². The van der Waals surface area contributed by atoms with Crippen LogP contribution in [-0.2, 0) is 6.54 Å². The van der Waals surface area contributed by atoms with Crippen LogP contribution in [0.25, 0.3) is 10.9 Å². The summed E-state index contributed by atoms with van der Waals surface area (Å²) in [6.45, 7) is 2.13. The van der Waals surface area contributed by atoms with Crippen molar-refractivity contribution >= 4 is 16.8 Å². The number of aromatic nitrogens is 1. The van der Waals surface area contributed by atoms with Crippen molar-refractivity contribution in [1.29, 1.82) is 0 Å². The molecule has 2 aromatic heterocycles. The van der Waals surface area contributed by atoms with Crippen LogP contribution >= 0.6 is 0 Å². The van der Waals surface area contributed by atoms with E-state index in [-0.39, 0.29) is 11.5 Å². The van der Waals surface area contributed by atoms with E-state index in [2.05, 4.69) is 4.98 Å². The second kappa shape index (κ2) is 6.99. The summed E-state index contributed by atoms with van der Waals surface area (Å²) >= 11 is 0. The second-order valence-electron chi connectivity index (χ2n) is 7.28. The molecule has 0 N–H and O–H groups in total. The third-order valence-corrected chi connectivity index (χ3v) is 5.29. The molecule has 1 aromatic carbocycles. The standard InChI is InChI=1S/C22H22N2O3/c1-14-12-19(16-7-5-8-16)27-22(26)20(14)21(25)24(2)13-17-11-10-15-6-3-4-9-18(15)23-17/h3-4,6,9-12,16H,5,7-8,13H2,1-2H3. The van der Waals surface area contributed by atoms with E-state index in [1.54, 1.807) is 14.0 Å². The monoisotopic (exact) mass is 362 g/mol. The van der Waals surface area contributed by atoms with Gasteiger partial charge in [0.1, 0.15) is 11.3 Å². The summed E-state index contributed by atoms with van der Waals surface area (Å²) in [5, 5.41) is 1.05. The number of amides is 1. The summed E-state index contributed by atoms with van der Waals surface area (Å²) in [5.41, 5.74) is 1.91. The smallest absolute Gasteiger partial charge is 0.349 e. The van der Waals surface area contributed by atoms with Gasteiger partial charge in [-0.3, -0.25) is 9.78 Å². The Labute approximate surface area is 157 Å². The van der Waals surface area contributed by atoms with E-state index in [9.17, 15) is 9.59 Å². The number of rotatable bonds is 4. The highest BCUT2D eigenvalue weighted by atomic mass is 16.4. The molecule has 0 radical (unpaired) electrons.